The van der Waals surface area contributed by atoms with Gasteiger partial charge in [-0.05, 0) is 54.3 Å². The van der Waals surface area contributed by atoms with Crippen molar-refractivity contribution in [3.05, 3.63) is 104 Å². The van der Waals surface area contributed by atoms with Gasteiger partial charge < -0.3 is 14.6 Å². The number of nitrogens with one attached hydrogen (secondary N) is 2. The molecule has 206 valence electrons. The lowest BCUT2D eigenvalue weighted by Crippen LogP contribution is -2.54. The molecule has 3 aromatic carbocycles. The van der Waals surface area contributed by atoms with E-state index in [0.717, 1.165) is 22.9 Å². The minimum atomic E-state index is -1.43. The van der Waals surface area contributed by atoms with Crippen molar-refractivity contribution in [2.24, 2.45) is 10.1 Å². The van der Waals surface area contributed by atoms with Crippen LogP contribution >= 0.6 is 15.9 Å². The third-order valence-corrected chi connectivity index (χ3v) is 7.56. The highest BCUT2D eigenvalue weighted by atomic mass is 79.9. The van der Waals surface area contributed by atoms with Gasteiger partial charge in [0.15, 0.2) is 11.6 Å². The summed E-state index contributed by atoms with van der Waals surface area (Å²) in [4.78, 5) is 22.1. The summed E-state index contributed by atoms with van der Waals surface area (Å²) >= 11 is 3.63. The molecule has 1 fully saturated rings. The number of hydrogen-bond donors (Lipinski definition) is 3. The molecule has 1 heterocycles. The number of benzene rings is 3. The van der Waals surface area contributed by atoms with Crippen molar-refractivity contribution in [2.45, 2.75) is 43.4 Å². The van der Waals surface area contributed by atoms with Gasteiger partial charge in [-0.15, -0.1) is 0 Å². The zero-order chi connectivity index (χ0) is 28.0. The van der Waals surface area contributed by atoms with Crippen molar-refractivity contribution < 1.29 is 19.4 Å². The fraction of sp³-hybridized carbons (Fsp3) is 0.310. The number of halogens is 1. The van der Waals surface area contributed by atoms with Crippen molar-refractivity contribution in [3.63, 3.8) is 0 Å². The van der Waals surface area contributed by atoms with Crippen LogP contribution in [0.2, 0.25) is 0 Å². The Labute approximate surface area is 240 Å². The summed E-state index contributed by atoms with van der Waals surface area (Å²) in [6, 6.07) is 22.2. The van der Waals surface area contributed by atoms with Crippen molar-refractivity contribution in [1.82, 2.24) is 10.9 Å². The number of nitrogens with zero attached hydrogens (tertiary/aromatic N) is 4. The molecule has 0 radical (unpaired) electrons. The molecule has 40 heavy (non-hydrogen) atoms. The average molecular weight is 605 g/mol. The molecule has 0 aromatic heterocycles. The Morgan fingerprint density at radius 1 is 1.15 bits per heavy atom. The summed E-state index contributed by atoms with van der Waals surface area (Å²) in [5.41, 5.74) is 16.3. The number of aliphatic hydroxyl groups excluding tert-OH is 1. The Hall–Kier alpha value is -3.89. The second-order valence-corrected chi connectivity index (χ2v) is 10.5. The van der Waals surface area contributed by atoms with Crippen LogP contribution in [0.15, 0.2) is 87.4 Å². The van der Waals surface area contributed by atoms with Crippen LogP contribution in [-0.4, -0.2) is 41.7 Å². The van der Waals surface area contributed by atoms with Crippen LogP contribution in [0.3, 0.4) is 0 Å². The Morgan fingerprint density at radius 3 is 2.62 bits per heavy atom. The van der Waals surface area contributed by atoms with E-state index in [1.807, 2.05) is 42.5 Å². The maximum atomic E-state index is 14.1. The number of ether oxygens (including phenoxy) is 2. The van der Waals surface area contributed by atoms with Gasteiger partial charge in [-0.3, -0.25) is 10.2 Å². The second-order valence-electron chi connectivity index (χ2n) is 9.68. The highest BCUT2D eigenvalue weighted by Gasteiger charge is 2.54. The van der Waals surface area contributed by atoms with Crippen LogP contribution in [0.25, 0.3) is 10.4 Å². The highest BCUT2D eigenvalue weighted by Crippen LogP contribution is 2.46. The van der Waals surface area contributed by atoms with E-state index in [1.54, 1.807) is 30.3 Å². The smallest absolute Gasteiger partial charge is 0.266 e. The number of aliphatic hydroxyl groups is 1. The number of hydrogen-bond acceptors (Lipinski definition) is 7. The Bertz CT molecular complexity index is 1440. The van der Waals surface area contributed by atoms with Gasteiger partial charge >= 0.3 is 0 Å². The quantitative estimate of drug-likeness (QED) is 0.0830. The molecule has 1 aliphatic carbocycles. The minimum Gasteiger partial charge on any atom is -0.494 e. The summed E-state index contributed by atoms with van der Waals surface area (Å²) in [6.07, 6.45) is 1.83. The monoisotopic (exact) mass is 604 g/mol. The Morgan fingerprint density at radius 2 is 1.90 bits per heavy atom. The topological polar surface area (TPSA) is 141 Å². The van der Waals surface area contributed by atoms with Crippen molar-refractivity contribution in [1.29, 1.82) is 0 Å². The zero-order valence-corrected chi connectivity index (χ0v) is 23.3. The number of carbonyl (C=O) groups is 1. The third kappa shape index (κ3) is 6.13. The lowest BCUT2D eigenvalue weighted by atomic mass is 9.81. The van der Waals surface area contributed by atoms with Gasteiger partial charge in [-0.25, -0.2) is 10.4 Å². The molecule has 2 aliphatic rings. The first-order chi connectivity index (χ1) is 19.5. The number of aliphatic imine (C=N–C) groups is 1. The highest BCUT2D eigenvalue weighted by molar-refractivity contribution is 9.10. The molecule has 0 unspecified atom stereocenters. The number of rotatable bonds is 12. The number of carbonyl (C=O) groups excluding carboxylic acids is 1. The van der Waals surface area contributed by atoms with Crippen LogP contribution in [0.1, 0.15) is 42.1 Å². The van der Waals surface area contributed by atoms with E-state index in [2.05, 4.69) is 36.8 Å². The number of hydrazine groups is 1. The first kappa shape index (κ1) is 27.7. The largest absolute Gasteiger partial charge is 0.494 e. The fourth-order valence-corrected chi connectivity index (χ4v) is 4.97. The summed E-state index contributed by atoms with van der Waals surface area (Å²) in [5, 5.41) is 12.9. The van der Waals surface area contributed by atoms with Crippen LogP contribution in [-0.2, 0) is 16.0 Å². The SMILES string of the molecule is [N-]=[N+]=Nc1ccccc1[C@@H]1OC(c2ccc(OCCCO)cc2)=N[C@]1(Cc1ccccc1Br)C(=O)NNC1CC1. The Balaban J connectivity index is 1.60. The molecule has 1 saturated carbocycles. The third-order valence-electron chi connectivity index (χ3n) is 6.79. The molecule has 3 aromatic rings. The van der Waals surface area contributed by atoms with E-state index < -0.39 is 11.6 Å². The van der Waals surface area contributed by atoms with Crippen molar-refractivity contribution in [3.8, 4) is 5.75 Å². The molecule has 0 spiro atoms. The summed E-state index contributed by atoms with van der Waals surface area (Å²) in [6.45, 7) is 0.452. The van der Waals surface area contributed by atoms with Gasteiger partial charge in [0.1, 0.15) is 5.75 Å². The van der Waals surface area contributed by atoms with Gasteiger partial charge in [0.2, 0.25) is 5.90 Å². The van der Waals surface area contributed by atoms with E-state index in [-0.39, 0.29) is 30.9 Å². The maximum Gasteiger partial charge on any atom is 0.266 e. The normalized spacial score (nSPS) is 19.8. The van der Waals surface area contributed by atoms with Crippen molar-refractivity contribution >= 4 is 33.4 Å². The summed E-state index contributed by atoms with van der Waals surface area (Å²) < 4.78 is 13.0. The van der Waals surface area contributed by atoms with Crippen LogP contribution in [0.5, 0.6) is 5.75 Å². The van der Waals surface area contributed by atoms with E-state index >= 15 is 0 Å². The average Bonchev–Trinajstić information content (AvgIpc) is 3.73. The van der Waals surface area contributed by atoms with Crippen LogP contribution in [0.4, 0.5) is 5.69 Å². The maximum absolute atomic E-state index is 14.1. The molecular weight excluding hydrogens is 576 g/mol. The van der Waals surface area contributed by atoms with Crippen LogP contribution in [0, 0.1) is 0 Å². The lowest BCUT2D eigenvalue weighted by molar-refractivity contribution is -0.130. The van der Waals surface area contributed by atoms with E-state index in [4.69, 9.17) is 19.6 Å². The molecule has 2 atom stereocenters. The molecule has 10 nitrogen and oxygen atoms in total. The molecule has 0 saturated heterocycles. The Kier molecular flexibility index (Phi) is 8.66. The molecule has 1 amide bonds. The van der Waals surface area contributed by atoms with Crippen LogP contribution < -0.4 is 15.6 Å². The van der Waals surface area contributed by atoms with Gasteiger partial charge in [-0.1, -0.05) is 63.5 Å². The molecule has 11 heteroatoms. The van der Waals surface area contributed by atoms with Gasteiger partial charge in [0.05, 0.1) is 6.61 Å². The molecule has 5 rings (SSSR count). The number of azide groups is 1. The van der Waals surface area contributed by atoms with E-state index in [0.29, 0.717) is 35.6 Å². The second kappa shape index (κ2) is 12.5. The lowest BCUT2D eigenvalue weighted by Gasteiger charge is -2.31. The van der Waals surface area contributed by atoms with E-state index in [9.17, 15) is 10.3 Å². The van der Waals surface area contributed by atoms with Crippen molar-refractivity contribution in [2.75, 3.05) is 13.2 Å². The van der Waals surface area contributed by atoms with Gasteiger partial charge in [0, 0.05) is 51.7 Å². The number of amides is 1. The fourth-order valence-electron chi connectivity index (χ4n) is 4.54. The first-order valence-corrected chi connectivity index (χ1v) is 13.9. The molecular formula is C29H29BrN6O4. The van der Waals surface area contributed by atoms with Gasteiger partial charge in [-0.2, -0.15) is 0 Å². The summed E-state index contributed by atoms with van der Waals surface area (Å²) in [7, 11) is 0. The predicted molar refractivity (Wildman–Crippen MR) is 154 cm³/mol. The van der Waals surface area contributed by atoms with Gasteiger partial charge in [0.25, 0.3) is 5.91 Å². The molecule has 1 aliphatic heterocycles. The molecule has 0 bridgehead atoms. The summed E-state index contributed by atoms with van der Waals surface area (Å²) in [5.74, 6) is 0.582. The predicted octanol–water partition coefficient (Wildman–Crippen LogP) is 5.43. The van der Waals surface area contributed by atoms with E-state index in [1.165, 1.54) is 0 Å². The standard InChI is InChI=1S/C29H29BrN6O4/c30-24-8-3-1-6-20(24)18-29(28(38)35-33-21-12-13-21)26(23-7-2-4-9-25(23)34-36-31)40-27(32-29)19-10-14-22(15-11-19)39-17-5-16-37/h1-4,6-11,14-15,21,26,33,37H,5,12-13,16-18H2,(H,35,38)/t26-,29-/m0/s1. The minimum absolute atomic E-state index is 0.0543. The molecule has 3 N–H and O–H groups in total. The first-order valence-electron chi connectivity index (χ1n) is 13.1. The zero-order valence-electron chi connectivity index (χ0n) is 21.7.